The Morgan fingerprint density at radius 3 is 2.19 bits per heavy atom. The lowest BCUT2D eigenvalue weighted by Gasteiger charge is -2.12. The number of esters is 1. The fraction of sp³-hybridized carbons (Fsp3) is 0.120. The lowest BCUT2D eigenvalue weighted by atomic mass is 10.0. The van der Waals surface area contributed by atoms with Gasteiger partial charge in [-0.15, -0.1) is 10.2 Å². The molecule has 0 spiro atoms. The molecule has 1 aromatic heterocycles. The maximum Gasteiger partial charge on any atom is 0.338 e. The average Bonchev–Trinajstić information content (AvgIpc) is 2.83. The highest BCUT2D eigenvalue weighted by molar-refractivity contribution is 6.01. The maximum atomic E-state index is 12.1. The summed E-state index contributed by atoms with van der Waals surface area (Å²) < 4.78 is 5.18. The summed E-state index contributed by atoms with van der Waals surface area (Å²) in [5.41, 5.74) is 8.55. The summed E-state index contributed by atoms with van der Waals surface area (Å²) >= 11 is 0. The third-order valence-electron chi connectivity index (χ3n) is 4.95. The number of nitrogens with two attached hydrogens (primary N) is 1. The standard InChI is InChI=1S/C25H22N4O3/c1-2-15-32-25(31)18-9-7-16(8-10-18)22-20-5-3-4-6-21(20)24(29-28-22)27-19-13-11-17(12-14-19)23(26)30/h3-14H,2,15H2,1H3,(H2,26,30)(H,27,29). The molecule has 0 aliphatic heterocycles. The number of benzene rings is 3. The van der Waals surface area contributed by atoms with Crippen LogP contribution in [0, 0.1) is 0 Å². The van der Waals surface area contributed by atoms with E-state index in [0.717, 1.165) is 28.4 Å². The third-order valence-corrected chi connectivity index (χ3v) is 4.95. The van der Waals surface area contributed by atoms with Crippen LogP contribution in [-0.2, 0) is 4.74 Å². The van der Waals surface area contributed by atoms with Crippen molar-refractivity contribution in [2.45, 2.75) is 13.3 Å². The fourth-order valence-electron chi connectivity index (χ4n) is 3.31. The van der Waals surface area contributed by atoms with Crippen molar-refractivity contribution < 1.29 is 14.3 Å². The second-order valence-corrected chi connectivity index (χ2v) is 7.22. The normalized spacial score (nSPS) is 10.7. The molecule has 1 heterocycles. The number of nitrogens with zero attached hydrogens (tertiary/aromatic N) is 2. The highest BCUT2D eigenvalue weighted by Gasteiger charge is 2.13. The maximum absolute atomic E-state index is 12.1. The Hall–Kier alpha value is -4.26. The SMILES string of the molecule is CCCOC(=O)c1ccc(-c2nnc(Nc3ccc(C(N)=O)cc3)c3ccccc23)cc1. The lowest BCUT2D eigenvalue weighted by Crippen LogP contribution is -2.10. The number of hydrogen-bond donors (Lipinski definition) is 2. The number of fused-ring (bicyclic) bond motifs is 1. The van der Waals surface area contributed by atoms with Gasteiger partial charge in [0.1, 0.15) is 5.69 Å². The van der Waals surface area contributed by atoms with Gasteiger partial charge in [-0.3, -0.25) is 4.79 Å². The van der Waals surface area contributed by atoms with E-state index in [0.29, 0.717) is 29.2 Å². The minimum Gasteiger partial charge on any atom is -0.462 e. The predicted molar refractivity (Wildman–Crippen MR) is 124 cm³/mol. The van der Waals surface area contributed by atoms with E-state index >= 15 is 0 Å². The van der Waals surface area contributed by atoms with Gasteiger partial charge in [-0.1, -0.05) is 43.3 Å². The smallest absolute Gasteiger partial charge is 0.338 e. The fourth-order valence-corrected chi connectivity index (χ4v) is 3.31. The van der Waals surface area contributed by atoms with Crippen LogP contribution >= 0.6 is 0 Å². The molecule has 0 aliphatic rings. The third kappa shape index (κ3) is 4.41. The summed E-state index contributed by atoms with van der Waals surface area (Å²) in [4.78, 5) is 23.3. The molecule has 4 aromatic rings. The zero-order valence-electron chi connectivity index (χ0n) is 17.5. The minimum atomic E-state index is -0.476. The molecule has 7 heteroatoms. The average molecular weight is 426 g/mol. The minimum absolute atomic E-state index is 0.337. The van der Waals surface area contributed by atoms with Gasteiger partial charge in [0.05, 0.1) is 12.2 Å². The van der Waals surface area contributed by atoms with Gasteiger partial charge in [0.15, 0.2) is 5.82 Å². The molecule has 0 bridgehead atoms. The molecule has 0 atom stereocenters. The molecule has 32 heavy (non-hydrogen) atoms. The summed E-state index contributed by atoms with van der Waals surface area (Å²) in [6.45, 7) is 2.35. The Morgan fingerprint density at radius 2 is 1.53 bits per heavy atom. The van der Waals surface area contributed by atoms with E-state index in [9.17, 15) is 9.59 Å². The number of nitrogens with one attached hydrogen (secondary N) is 1. The number of carbonyl (C=O) groups is 2. The van der Waals surface area contributed by atoms with E-state index in [2.05, 4.69) is 15.5 Å². The van der Waals surface area contributed by atoms with E-state index < -0.39 is 5.91 Å². The van der Waals surface area contributed by atoms with Crippen LogP contribution in [0.4, 0.5) is 11.5 Å². The van der Waals surface area contributed by atoms with Crippen LogP contribution in [0.1, 0.15) is 34.1 Å². The van der Waals surface area contributed by atoms with Crippen molar-refractivity contribution in [3.05, 3.63) is 83.9 Å². The van der Waals surface area contributed by atoms with Gasteiger partial charge in [0, 0.05) is 27.6 Å². The van der Waals surface area contributed by atoms with Crippen molar-refractivity contribution in [3.8, 4) is 11.3 Å². The van der Waals surface area contributed by atoms with E-state index in [-0.39, 0.29) is 5.97 Å². The van der Waals surface area contributed by atoms with E-state index in [4.69, 9.17) is 10.5 Å². The van der Waals surface area contributed by atoms with Crippen molar-refractivity contribution >= 4 is 34.2 Å². The number of rotatable bonds is 7. The first-order valence-electron chi connectivity index (χ1n) is 10.3. The molecule has 0 saturated heterocycles. The largest absolute Gasteiger partial charge is 0.462 e. The second kappa shape index (κ2) is 9.26. The molecule has 3 N–H and O–H groups in total. The van der Waals surface area contributed by atoms with E-state index in [1.165, 1.54) is 0 Å². The number of hydrogen-bond acceptors (Lipinski definition) is 6. The zero-order chi connectivity index (χ0) is 22.5. The summed E-state index contributed by atoms with van der Waals surface area (Å²) in [6.07, 6.45) is 0.779. The lowest BCUT2D eigenvalue weighted by molar-refractivity contribution is 0.0505. The molecule has 0 saturated carbocycles. The van der Waals surface area contributed by atoms with Gasteiger partial charge in [-0.25, -0.2) is 4.79 Å². The molecule has 0 radical (unpaired) electrons. The van der Waals surface area contributed by atoms with E-state index in [1.807, 2.05) is 43.3 Å². The second-order valence-electron chi connectivity index (χ2n) is 7.22. The Morgan fingerprint density at radius 1 is 0.875 bits per heavy atom. The molecule has 0 aliphatic carbocycles. The molecule has 0 unspecified atom stereocenters. The molecule has 4 rings (SSSR count). The number of ether oxygens (including phenoxy) is 1. The Bertz CT molecular complexity index is 1270. The zero-order valence-corrected chi connectivity index (χ0v) is 17.5. The number of primary amides is 1. The first-order chi connectivity index (χ1) is 15.6. The number of carbonyl (C=O) groups excluding carboxylic acids is 2. The quantitative estimate of drug-likeness (QED) is 0.415. The Labute approximate surface area is 185 Å². The Kier molecular flexibility index (Phi) is 6.07. The van der Waals surface area contributed by atoms with Crippen LogP contribution in [0.25, 0.3) is 22.0 Å². The molecule has 3 aromatic carbocycles. The summed E-state index contributed by atoms with van der Waals surface area (Å²) in [6, 6.07) is 21.8. The first-order valence-corrected chi connectivity index (χ1v) is 10.3. The number of anilines is 2. The molecule has 160 valence electrons. The number of aromatic nitrogens is 2. The molecular weight excluding hydrogens is 404 g/mol. The topological polar surface area (TPSA) is 107 Å². The van der Waals surface area contributed by atoms with Gasteiger partial charge in [0.2, 0.25) is 5.91 Å². The van der Waals surface area contributed by atoms with Crippen LogP contribution in [0.3, 0.4) is 0 Å². The predicted octanol–water partition coefficient (Wildman–Crippen LogP) is 4.71. The molecule has 0 fully saturated rings. The van der Waals surface area contributed by atoms with Gasteiger partial charge < -0.3 is 15.8 Å². The van der Waals surface area contributed by atoms with Crippen LogP contribution in [0.5, 0.6) is 0 Å². The molecule has 7 nitrogen and oxygen atoms in total. The van der Waals surface area contributed by atoms with Crippen molar-refractivity contribution in [2.75, 3.05) is 11.9 Å². The van der Waals surface area contributed by atoms with Crippen LogP contribution in [0.2, 0.25) is 0 Å². The van der Waals surface area contributed by atoms with Crippen molar-refractivity contribution in [1.29, 1.82) is 0 Å². The van der Waals surface area contributed by atoms with Crippen LogP contribution in [0.15, 0.2) is 72.8 Å². The number of amides is 1. The monoisotopic (exact) mass is 426 g/mol. The van der Waals surface area contributed by atoms with Crippen molar-refractivity contribution in [1.82, 2.24) is 10.2 Å². The van der Waals surface area contributed by atoms with Crippen LogP contribution < -0.4 is 11.1 Å². The molecule has 1 amide bonds. The van der Waals surface area contributed by atoms with Crippen LogP contribution in [-0.4, -0.2) is 28.7 Å². The van der Waals surface area contributed by atoms with Crippen molar-refractivity contribution in [3.63, 3.8) is 0 Å². The van der Waals surface area contributed by atoms with Crippen molar-refractivity contribution in [2.24, 2.45) is 5.73 Å². The first kappa shape index (κ1) is 21.0. The van der Waals surface area contributed by atoms with Gasteiger partial charge in [0.25, 0.3) is 0 Å². The van der Waals surface area contributed by atoms with Gasteiger partial charge in [-0.2, -0.15) is 0 Å². The molecular formula is C25H22N4O3. The van der Waals surface area contributed by atoms with Gasteiger partial charge in [-0.05, 0) is 42.8 Å². The summed E-state index contributed by atoms with van der Waals surface area (Å²) in [5.74, 6) is -0.219. The Balaban J connectivity index is 1.65. The highest BCUT2D eigenvalue weighted by Crippen LogP contribution is 2.31. The summed E-state index contributed by atoms with van der Waals surface area (Å²) in [5, 5.41) is 13.9. The summed E-state index contributed by atoms with van der Waals surface area (Å²) in [7, 11) is 0. The highest BCUT2D eigenvalue weighted by atomic mass is 16.5. The van der Waals surface area contributed by atoms with Gasteiger partial charge >= 0.3 is 5.97 Å². The van der Waals surface area contributed by atoms with E-state index in [1.54, 1.807) is 36.4 Å².